The molecular weight excluding hydrogens is 354 g/mol. The summed E-state index contributed by atoms with van der Waals surface area (Å²) < 4.78 is 0. The molecule has 1 aliphatic rings. The van der Waals surface area contributed by atoms with E-state index in [1.54, 1.807) is 11.3 Å². The molecule has 0 spiro atoms. The number of aliphatic imine (C=N–C) groups is 1. The number of aromatic nitrogens is 1. The predicted molar refractivity (Wildman–Crippen MR) is 114 cm³/mol. The van der Waals surface area contributed by atoms with Crippen LogP contribution in [-0.4, -0.2) is 42.5 Å². The van der Waals surface area contributed by atoms with Crippen LogP contribution >= 0.6 is 11.3 Å². The zero-order chi connectivity index (χ0) is 18.9. The van der Waals surface area contributed by atoms with Crippen LogP contribution in [0.25, 0.3) is 0 Å². The van der Waals surface area contributed by atoms with Crippen molar-refractivity contribution >= 4 is 17.3 Å². The van der Waals surface area contributed by atoms with Gasteiger partial charge in [0.1, 0.15) is 0 Å². The van der Waals surface area contributed by atoms with E-state index in [-0.39, 0.29) is 0 Å². The Bertz CT molecular complexity index is 716. The normalized spacial score (nSPS) is 15.7. The predicted octanol–water partition coefficient (Wildman–Crippen LogP) is 3.35. The lowest BCUT2D eigenvalue weighted by atomic mass is 10.1. The summed E-state index contributed by atoms with van der Waals surface area (Å²) in [6.45, 7) is 7.26. The summed E-state index contributed by atoms with van der Waals surface area (Å²) in [7, 11) is 1.81. The highest BCUT2D eigenvalue weighted by molar-refractivity contribution is 7.11. The molecule has 0 bridgehead atoms. The summed E-state index contributed by atoms with van der Waals surface area (Å²) in [5.74, 6) is 0.834. The van der Waals surface area contributed by atoms with E-state index in [1.807, 2.05) is 13.2 Å². The first kappa shape index (κ1) is 19.8. The molecule has 0 radical (unpaired) electrons. The minimum Gasteiger partial charge on any atom is -0.356 e. The van der Waals surface area contributed by atoms with Crippen molar-refractivity contribution in [2.24, 2.45) is 4.99 Å². The van der Waals surface area contributed by atoms with Gasteiger partial charge in [-0.1, -0.05) is 30.7 Å². The molecule has 1 aromatic carbocycles. The van der Waals surface area contributed by atoms with E-state index in [1.165, 1.54) is 53.4 Å². The van der Waals surface area contributed by atoms with Crippen LogP contribution in [-0.2, 0) is 19.5 Å². The van der Waals surface area contributed by atoms with Crippen LogP contribution in [0.2, 0.25) is 0 Å². The number of piperidine rings is 1. The fraction of sp³-hybridized carbons (Fsp3) is 0.524. The minimum atomic E-state index is 0.778. The van der Waals surface area contributed by atoms with Crippen molar-refractivity contribution in [3.05, 3.63) is 51.5 Å². The van der Waals surface area contributed by atoms with Crippen LogP contribution in [0.4, 0.5) is 0 Å². The highest BCUT2D eigenvalue weighted by Gasteiger charge is 2.10. The first-order valence-electron chi connectivity index (χ1n) is 9.89. The summed E-state index contributed by atoms with van der Waals surface area (Å²) in [6.07, 6.45) is 6.93. The van der Waals surface area contributed by atoms with E-state index in [0.29, 0.717) is 0 Å². The van der Waals surface area contributed by atoms with Crippen LogP contribution in [0.3, 0.4) is 0 Å². The van der Waals surface area contributed by atoms with Gasteiger partial charge in [0.15, 0.2) is 5.96 Å². The maximum Gasteiger partial charge on any atom is 0.191 e. The molecule has 1 aliphatic heterocycles. The Morgan fingerprint density at radius 3 is 2.52 bits per heavy atom. The van der Waals surface area contributed by atoms with Gasteiger partial charge in [-0.25, -0.2) is 4.98 Å². The molecule has 27 heavy (non-hydrogen) atoms. The van der Waals surface area contributed by atoms with Crippen molar-refractivity contribution in [2.75, 3.05) is 26.7 Å². The SMILES string of the molecule is CN=C(NCCc1ncc(C)s1)NCc1ccc(CN2CCCCC2)cc1. The lowest BCUT2D eigenvalue weighted by molar-refractivity contribution is 0.221. The minimum absolute atomic E-state index is 0.778. The zero-order valence-corrected chi connectivity index (χ0v) is 17.3. The highest BCUT2D eigenvalue weighted by Crippen LogP contribution is 2.14. The number of thiazole rings is 1. The zero-order valence-electron chi connectivity index (χ0n) is 16.5. The largest absolute Gasteiger partial charge is 0.356 e. The summed E-state index contributed by atoms with van der Waals surface area (Å²) in [6, 6.07) is 8.95. The smallest absolute Gasteiger partial charge is 0.191 e. The highest BCUT2D eigenvalue weighted by atomic mass is 32.1. The molecule has 3 rings (SSSR count). The third-order valence-electron chi connectivity index (χ3n) is 4.86. The van der Waals surface area contributed by atoms with Gasteiger partial charge in [0, 0.05) is 44.2 Å². The van der Waals surface area contributed by atoms with Gasteiger partial charge in [-0.05, 0) is 44.0 Å². The molecule has 1 saturated heterocycles. The van der Waals surface area contributed by atoms with Crippen molar-refractivity contribution in [3.63, 3.8) is 0 Å². The standard InChI is InChI=1S/C21H31N5S/c1-17-14-24-20(27-17)10-11-23-21(22-2)25-15-18-6-8-19(9-7-18)16-26-12-4-3-5-13-26/h6-9,14H,3-5,10-13,15-16H2,1-2H3,(H2,22,23,25). The fourth-order valence-electron chi connectivity index (χ4n) is 3.35. The number of nitrogens with one attached hydrogen (secondary N) is 2. The molecule has 146 valence electrons. The Morgan fingerprint density at radius 2 is 1.85 bits per heavy atom. The van der Waals surface area contributed by atoms with Gasteiger partial charge in [-0.15, -0.1) is 11.3 Å². The molecule has 0 saturated carbocycles. The summed E-state index contributed by atoms with van der Waals surface area (Å²) in [5, 5.41) is 7.92. The second-order valence-corrected chi connectivity index (χ2v) is 8.44. The quantitative estimate of drug-likeness (QED) is 0.567. The Kier molecular flexibility index (Phi) is 7.66. The van der Waals surface area contributed by atoms with Crippen LogP contribution in [0.5, 0.6) is 0 Å². The molecule has 2 aromatic rings. The van der Waals surface area contributed by atoms with Gasteiger partial charge in [0.25, 0.3) is 0 Å². The molecule has 0 atom stereocenters. The van der Waals surface area contributed by atoms with Crippen molar-refractivity contribution in [1.29, 1.82) is 0 Å². The summed E-state index contributed by atoms with van der Waals surface area (Å²) in [5.41, 5.74) is 2.68. The van der Waals surface area contributed by atoms with E-state index >= 15 is 0 Å². The lowest BCUT2D eigenvalue weighted by Gasteiger charge is -2.26. The molecular formula is C21H31N5S. The fourth-order valence-corrected chi connectivity index (χ4v) is 4.14. The van der Waals surface area contributed by atoms with E-state index in [0.717, 1.165) is 32.0 Å². The van der Waals surface area contributed by atoms with Crippen molar-refractivity contribution in [3.8, 4) is 0 Å². The van der Waals surface area contributed by atoms with Crippen molar-refractivity contribution in [2.45, 2.75) is 45.7 Å². The monoisotopic (exact) mass is 385 g/mol. The van der Waals surface area contributed by atoms with E-state index in [9.17, 15) is 0 Å². The van der Waals surface area contributed by atoms with Gasteiger partial charge in [0.05, 0.1) is 5.01 Å². The second kappa shape index (κ2) is 10.4. The number of nitrogens with zero attached hydrogens (tertiary/aromatic N) is 3. The Balaban J connectivity index is 1.39. The van der Waals surface area contributed by atoms with E-state index in [2.05, 4.69) is 56.7 Å². The number of benzene rings is 1. The van der Waals surface area contributed by atoms with E-state index in [4.69, 9.17) is 0 Å². The Morgan fingerprint density at radius 1 is 1.11 bits per heavy atom. The summed E-state index contributed by atoms with van der Waals surface area (Å²) in [4.78, 5) is 12.5. The number of aryl methyl sites for hydroxylation is 1. The van der Waals surface area contributed by atoms with Crippen LogP contribution in [0, 0.1) is 6.92 Å². The second-order valence-electron chi connectivity index (χ2n) is 7.12. The average molecular weight is 386 g/mol. The molecule has 2 N–H and O–H groups in total. The van der Waals surface area contributed by atoms with Crippen LogP contribution in [0.15, 0.2) is 35.5 Å². The van der Waals surface area contributed by atoms with Gasteiger partial charge >= 0.3 is 0 Å². The van der Waals surface area contributed by atoms with Gasteiger partial charge in [0.2, 0.25) is 0 Å². The van der Waals surface area contributed by atoms with Crippen LogP contribution in [0.1, 0.15) is 40.3 Å². The third kappa shape index (κ3) is 6.63. The Hall–Kier alpha value is -1.92. The van der Waals surface area contributed by atoms with Gasteiger partial charge in [-0.2, -0.15) is 0 Å². The maximum absolute atomic E-state index is 4.40. The third-order valence-corrected chi connectivity index (χ3v) is 5.83. The molecule has 6 heteroatoms. The molecule has 1 fully saturated rings. The molecule has 0 unspecified atom stereocenters. The van der Waals surface area contributed by atoms with Crippen molar-refractivity contribution < 1.29 is 0 Å². The topological polar surface area (TPSA) is 52.6 Å². The van der Waals surface area contributed by atoms with Gasteiger partial charge in [-0.3, -0.25) is 9.89 Å². The van der Waals surface area contributed by atoms with Crippen LogP contribution < -0.4 is 10.6 Å². The number of hydrogen-bond donors (Lipinski definition) is 2. The number of guanidine groups is 1. The molecule has 5 nitrogen and oxygen atoms in total. The molecule has 0 amide bonds. The summed E-state index contributed by atoms with van der Waals surface area (Å²) >= 11 is 1.76. The molecule has 0 aliphatic carbocycles. The number of rotatable bonds is 7. The lowest BCUT2D eigenvalue weighted by Crippen LogP contribution is -2.37. The molecule has 1 aromatic heterocycles. The van der Waals surface area contributed by atoms with Crippen molar-refractivity contribution in [1.82, 2.24) is 20.5 Å². The number of likely N-dealkylation sites (tertiary alicyclic amines) is 1. The Labute approximate surface area is 166 Å². The van der Waals surface area contributed by atoms with E-state index < -0.39 is 0 Å². The maximum atomic E-state index is 4.40. The van der Waals surface area contributed by atoms with Gasteiger partial charge < -0.3 is 10.6 Å². The number of hydrogen-bond acceptors (Lipinski definition) is 4. The average Bonchev–Trinajstić information content (AvgIpc) is 3.11. The first-order valence-corrected chi connectivity index (χ1v) is 10.7. The first-order chi connectivity index (χ1) is 13.2. The molecule has 2 heterocycles.